The quantitative estimate of drug-likeness (QED) is 0.299. The van der Waals surface area contributed by atoms with Crippen molar-refractivity contribution in [3.8, 4) is 11.5 Å². The Morgan fingerprint density at radius 3 is 2.70 bits per heavy atom. The van der Waals surface area contributed by atoms with Crippen LogP contribution in [0.1, 0.15) is 24.1 Å². The van der Waals surface area contributed by atoms with E-state index in [0.717, 1.165) is 15.6 Å². The predicted octanol–water partition coefficient (Wildman–Crippen LogP) is 3.60. The molecule has 2 aromatic rings. The summed E-state index contributed by atoms with van der Waals surface area (Å²) < 4.78 is 28.0. The molecule has 2 atom stereocenters. The number of halogens is 1. The van der Waals surface area contributed by atoms with Crippen molar-refractivity contribution >= 4 is 21.9 Å². The fraction of sp³-hybridized carbons (Fsp3) is 0.409. The van der Waals surface area contributed by atoms with Gasteiger partial charge in [0, 0.05) is 29.8 Å². The van der Waals surface area contributed by atoms with E-state index in [2.05, 4.69) is 21.2 Å². The first-order chi connectivity index (χ1) is 14.6. The van der Waals surface area contributed by atoms with Gasteiger partial charge in [0.1, 0.15) is 11.5 Å². The Kier molecular flexibility index (Phi) is 8.50. The Labute approximate surface area is 184 Å². The van der Waals surface area contributed by atoms with Crippen LogP contribution in [0.15, 0.2) is 46.9 Å². The van der Waals surface area contributed by atoms with Gasteiger partial charge in [0.05, 0.1) is 25.9 Å². The number of nitrogens with one attached hydrogen (secondary N) is 1. The van der Waals surface area contributed by atoms with Gasteiger partial charge in [-0.05, 0) is 36.8 Å². The second-order valence-electron chi connectivity index (χ2n) is 6.64. The van der Waals surface area contributed by atoms with Gasteiger partial charge in [0.15, 0.2) is 6.79 Å². The zero-order valence-electron chi connectivity index (χ0n) is 17.1. The minimum absolute atomic E-state index is 0.106. The average molecular weight is 480 g/mol. The van der Waals surface area contributed by atoms with Crippen LogP contribution in [0.4, 0.5) is 0 Å². The molecule has 7 nitrogen and oxygen atoms in total. The summed E-state index contributed by atoms with van der Waals surface area (Å²) in [6.07, 6.45) is -0.761. The molecule has 0 bridgehead atoms. The fourth-order valence-electron chi connectivity index (χ4n) is 3.10. The van der Waals surface area contributed by atoms with E-state index in [4.69, 9.17) is 23.7 Å². The number of rotatable bonds is 11. The largest absolute Gasteiger partial charge is 0.476 e. The van der Waals surface area contributed by atoms with Crippen molar-refractivity contribution in [1.82, 2.24) is 5.32 Å². The van der Waals surface area contributed by atoms with Crippen molar-refractivity contribution in [2.24, 2.45) is 0 Å². The number of fused-ring (bicyclic) bond motifs is 1. The van der Waals surface area contributed by atoms with Gasteiger partial charge in [-0.3, -0.25) is 0 Å². The lowest BCUT2D eigenvalue weighted by Gasteiger charge is -2.19. The number of hydrogen-bond acceptors (Lipinski definition) is 7. The monoisotopic (exact) mass is 479 g/mol. The van der Waals surface area contributed by atoms with Crippen LogP contribution in [-0.2, 0) is 25.5 Å². The molecular weight excluding hydrogens is 454 g/mol. The summed E-state index contributed by atoms with van der Waals surface area (Å²) in [5.74, 6) is 0.797. The molecule has 0 spiro atoms. The molecule has 0 aromatic heterocycles. The maximum Gasteiger partial charge on any atom is 0.349 e. The zero-order chi connectivity index (χ0) is 21.3. The number of methoxy groups -OCH3 is 1. The highest BCUT2D eigenvalue weighted by molar-refractivity contribution is 9.10. The smallest absolute Gasteiger partial charge is 0.349 e. The van der Waals surface area contributed by atoms with Crippen molar-refractivity contribution in [1.29, 1.82) is 0 Å². The first-order valence-electron chi connectivity index (χ1n) is 9.77. The molecule has 162 valence electrons. The molecule has 0 aliphatic carbocycles. The SMILES string of the molecule is CCOC(=O)[C@H]1Oc2cc(OCOCCOC)ccc2[C@@H]1NCc1ccc(Br)cc1. The Morgan fingerprint density at radius 1 is 1.17 bits per heavy atom. The van der Waals surface area contributed by atoms with E-state index in [9.17, 15) is 4.79 Å². The van der Waals surface area contributed by atoms with Crippen molar-refractivity contribution in [3.63, 3.8) is 0 Å². The number of benzene rings is 2. The van der Waals surface area contributed by atoms with Crippen LogP contribution in [0.5, 0.6) is 11.5 Å². The van der Waals surface area contributed by atoms with E-state index in [1.54, 1.807) is 20.1 Å². The molecule has 1 heterocycles. The minimum Gasteiger partial charge on any atom is -0.476 e. The molecule has 30 heavy (non-hydrogen) atoms. The molecule has 1 aliphatic heterocycles. The third-order valence-electron chi connectivity index (χ3n) is 4.58. The Bertz CT molecular complexity index is 829. The summed E-state index contributed by atoms with van der Waals surface area (Å²) >= 11 is 3.44. The van der Waals surface area contributed by atoms with Gasteiger partial charge >= 0.3 is 5.97 Å². The van der Waals surface area contributed by atoms with E-state index in [-0.39, 0.29) is 12.8 Å². The topological polar surface area (TPSA) is 75.3 Å². The summed E-state index contributed by atoms with van der Waals surface area (Å²) in [5, 5.41) is 3.43. The predicted molar refractivity (Wildman–Crippen MR) is 115 cm³/mol. The van der Waals surface area contributed by atoms with E-state index in [0.29, 0.717) is 37.9 Å². The van der Waals surface area contributed by atoms with Gasteiger partial charge in [-0.25, -0.2) is 4.79 Å². The van der Waals surface area contributed by atoms with E-state index >= 15 is 0 Å². The van der Waals surface area contributed by atoms with Gasteiger partial charge in [-0.15, -0.1) is 0 Å². The third-order valence-corrected chi connectivity index (χ3v) is 5.10. The number of carbonyl (C=O) groups excluding carboxylic acids is 1. The minimum atomic E-state index is -0.761. The summed E-state index contributed by atoms with van der Waals surface area (Å²) in [5.41, 5.74) is 1.99. The molecule has 2 aromatic carbocycles. The van der Waals surface area contributed by atoms with E-state index < -0.39 is 12.1 Å². The van der Waals surface area contributed by atoms with Crippen LogP contribution in [-0.4, -0.2) is 45.8 Å². The normalized spacial score (nSPS) is 17.3. The second kappa shape index (κ2) is 11.3. The number of ether oxygens (including phenoxy) is 5. The summed E-state index contributed by atoms with van der Waals surface area (Å²) in [6, 6.07) is 13.2. The molecule has 0 fully saturated rings. The van der Waals surface area contributed by atoms with Crippen LogP contribution < -0.4 is 14.8 Å². The molecular formula is C22H26BrNO6. The number of carbonyl (C=O) groups is 1. The lowest BCUT2D eigenvalue weighted by atomic mass is 10.0. The lowest BCUT2D eigenvalue weighted by Crippen LogP contribution is -2.38. The first-order valence-corrected chi connectivity index (χ1v) is 10.6. The van der Waals surface area contributed by atoms with Crippen LogP contribution in [0.3, 0.4) is 0 Å². The molecule has 3 rings (SSSR count). The lowest BCUT2D eigenvalue weighted by molar-refractivity contribution is -0.151. The van der Waals surface area contributed by atoms with Crippen molar-refractivity contribution in [2.75, 3.05) is 33.7 Å². The third kappa shape index (κ3) is 5.95. The summed E-state index contributed by atoms with van der Waals surface area (Å²) in [7, 11) is 1.61. The highest BCUT2D eigenvalue weighted by atomic mass is 79.9. The molecule has 1 aliphatic rings. The molecule has 0 radical (unpaired) electrons. The van der Waals surface area contributed by atoms with Gasteiger partial charge in [0.25, 0.3) is 0 Å². The van der Waals surface area contributed by atoms with Crippen molar-refractivity contribution in [2.45, 2.75) is 25.6 Å². The first kappa shape index (κ1) is 22.6. The van der Waals surface area contributed by atoms with Gasteiger partial charge in [-0.1, -0.05) is 28.1 Å². The van der Waals surface area contributed by atoms with Gasteiger partial charge in [0.2, 0.25) is 6.10 Å². The van der Waals surface area contributed by atoms with Gasteiger partial charge in [-0.2, -0.15) is 0 Å². The van der Waals surface area contributed by atoms with Crippen LogP contribution in [0.2, 0.25) is 0 Å². The molecule has 0 unspecified atom stereocenters. The molecule has 0 amide bonds. The number of hydrogen-bond donors (Lipinski definition) is 1. The fourth-order valence-corrected chi connectivity index (χ4v) is 3.36. The standard InChI is InChI=1S/C22H26BrNO6/c1-3-28-22(25)21-20(24-13-15-4-6-16(23)7-5-15)18-9-8-17(12-19(18)30-21)29-14-27-11-10-26-2/h4-9,12,20-21,24H,3,10-11,13-14H2,1-2H3/t20-,21-/m0/s1. The highest BCUT2D eigenvalue weighted by Crippen LogP contribution is 2.39. The maximum atomic E-state index is 12.5. The Hall–Kier alpha value is -2.13. The van der Waals surface area contributed by atoms with E-state index in [1.165, 1.54) is 0 Å². The molecule has 1 N–H and O–H groups in total. The van der Waals surface area contributed by atoms with Crippen LogP contribution >= 0.6 is 15.9 Å². The highest BCUT2D eigenvalue weighted by Gasteiger charge is 2.40. The summed E-state index contributed by atoms with van der Waals surface area (Å²) in [4.78, 5) is 12.5. The Balaban J connectivity index is 1.69. The molecule has 0 saturated carbocycles. The van der Waals surface area contributed by atoms with Crippen molar-refractivity contribution in [3.05, 3.63) is 58.1 Å². The average Bonchev–Trinajstić information content (AvgIpc) is 3.11. The second-order valence-corrected chi connectivity index (χ2v) is 7.55. The maximum absolute atomic E-state index is 12.5. The summed E-state index contributed by atoms with van der Waals surface area (Å²) in [6.45, 7) is 3.72. The van der Waals surface area contributed by atoms with Crippen LogP contribution in [0.25, 0.3) is 0 Å². The molecule has 8 heteroatoms. The Morgan fingerprint density at radius 2 is 1.97 bits per heavy atom. The van der Waals surface area contributed by atoms with Crippen LogP contribution in [0, 0.1) is 0 Å². The van der Waals surface area contributed by atoms with Gasteiger partial charge < -0.3 is 29.0 Å². The zero-order valence-corrected chi connectivity index (χ0v) is 18.6. The number of esters is 1. The van der Waals surface area contributed by atoms with Crippen molar-refractivity contribution < 1.29 is 28.5 Å². The van der Waals surface area contributed by atoms with E-state index in [1.807, 2.05) is 36.4 Å². The molecule has 0 saturated heterocycles.